The summed E-state index contributed by atoms with van der Waals surface area (Å²) in [5.74, 6) is -0.996. The molecule has 0 bridgehead atoms. The Balaban J connectivity index is 2.28. The number of sulfonamides is 1. The molecule has 0 aliphatic rings. The summed E-state index contributed by atoms with van der Waals surface area (Å²) in [6, 6.07) is 9.76. The molecule has 0 fully saturated rings. The first-order valence-electron chi connectivity index (χ1n) is 8.01. The summed E-state index contributed by atoms with van der Waals surface area (Å²) in [5, 5.41) is 2.76. The van der Waals surface area contributed by atoms with E-state index in [0.29, 0.717) is 12.1 Å². The van der Waals surface area contributed by atoms with Crippen LogP contribution in [0.1, 0.15) is 35.7 Å². The van der Waals surface area contributed by atoms with Crippen LogP contribution in [0.2, 0.25) is 0 Å². The predicted octanol–water partition coefficient (Wildman–Crippen LogP) is 3.46. The average molecular weight is 364 g/mol. The molecule has 0 saturated carbocycles. The number of para-hydroxylation sites is 1. The second-order valence-electron chi connectivity index (χ2n) is 5.67. The smallest absolute Gasteiger partial charge is 0.262 e. The maximum Gasteiger partial charge on any atom is 0.262 e. The van der Waals surface area contributed by atoms with Crippen molar-refractivity contribution >= 4 is 21.6 Å². The molecule has 2 N–H and O–H groups in total. The predicted molar refractivity (Wildman–Crippen MR) is 95.6 cm³/mol. The van der Waals surface area contributed by atoms with Gasteiger partial charge in [-0.1, -0.05) is 31.5 Å². The van der Waals surface area contributed by atoms with E-state index in [1.165, 1.54) is 36.4 Å². The molecule has 0 saturated heterocycles. The molecule has 2 aromatic rings. The number of nitrogens with one attached hydrogen (secondary N) is 2. The van der Waals surface area contributed by atoms with Gasteiger partial charge in [-0.2, -0.15) is 0 Å². The Labute approximate surface area is 147 Å². The van der Waals surface area contributed by atoms with E-state index < -0.39 is 15.8 Å². The molecule has 25 heavy (non-hydrogen) atoms. The normalized spacial score (nSPS) is 11.2. The zero-order valence-corrected chi connectivity index (χ0v) is 15.0. The van der Waals surface area contributed by atoms with E-state index in [1.54, 1.807) is 13.0 Å². The van der Waals surface area contributed by atoms with E-state index in [1.807, 2.05) is 6.92 Å². The molecule has 0 aliphatic carbocycles. The van der Waals surface area contributed by atoms with Gasteiger partial charge in [0, 0.05) is 12.1 Å². The molecule has 0 spiro atoms. The molecule has 1 amide bonds. The van der Waals surface area contributed by atoms with E-state index in [2.05, 4.69) is 10.0 Å². The number of benzene rings is 2. The Bertz CT molecular complexity index is 866. The Morgan fingerprint density at radius 1 is 1.16 bits per heavy atom. The van der Waals surface area contributed by atoms with Crippen molar-refractivity contribution in [3.63, 3.8) is 0 Å². The summed E-state index contributed by atoms with van der Waals surface area (Å²) in [7, 11) is -4.00. The molecule has 5 nitrogen and oxygen atoms in total. The van der Waals surface area contributed by atoms with Gasteiger partial charge in [0.2, 0.25) is 0 Å². The number of aryl methyl sites for hydroxylation is 1. The van der Waals surface area contributed by atoms with Gasteiger partial charge in [-0.15, -0.1) is 0 Å². The van der Waals surface area contributed by atoms with Crippen molar-refractivity contribution in [3.8, 4) is 0 Å². The van der Waals surface area contributed by atoms with Crippen LogP contribution in [0.4, 0.5) is 10.1 Å². The fourth-order valence-electron chi connectivity index (χ4n) is 2.23. The van der Waals surface area contributed by atoms with Gasteiger partial charge in [-0.3, -0.25) is 9.52 Å². The lowest BCUT2D eigenvalue weighted by Gasteiger charge is -2.12. The molecule has 134 valence electrons. The maximum atomic E-state index is 13.7. The zero-order valence-electron chi connectivity index (χ0n) is 14.2. The lowest BCUT2D eigenvalue weighted by Crippen LogP contribution is -2.25. The van der Waals surface area contributed by atoms with Crippen LogP contribution in [-0.4, -0.2) is 20.9 Å². The molecule has 0 unspecified atom stereocenters. The Morgan fingerprint density at radius 3 is 2.56 bits per heavy atom. The van der Waals surface area contributed by atoms with Crippen molar-refractivity contribution in [2.75, 3.05) is 11.3 Å². The van der Waals surface area contributed by atoms with Crippen LogP contribution in [0.3, 0.4) is 0 Å². The minimum absolute atomic E-state index is 0.0954. The minimum atomic E-state index is -4.00. The third-order valence-corrected chi connectivity index (χ3v) is 5.06. The molecule has 0 radical (unpaired) electrons. The van der Waals surface area contributed by atoms with Gasteiger partial charge in [0.1, 0.15) is 5.82 Å². The molecule has 0 aromatic heterocycles. The first-order valence-corrected chi connectivity index (χ1v) is 9.49. The highest BCUT2D eigenvalue weighted by Gasteiger charge is 2.19. The number of carbonyl (C=O) groups is 1. The number of unbranched alkanes of at least 4 members (excludes halogenated alkanes) is 1. The summed E-state index contributed by atoms with van der Waals surface area (Å²) in [5.41, 5.74) is 0.809. The van der Waals surface area contributed by atoms with E-state index in [0.717, 1.165) is 12.8 Å². The van der Waals surface area contributed by atoms with Crippen LogP contribution in [0.25, 0.3) is 0 Å². The lowest BCUT2D eigenvalue weighted by molar-refractivity contribution is 0.0952. The highest BCUT2D eigenvalue weighted by molar-refractivity contribution is 7.92. The third-order valence-electron chi connectivity index (χ3n) is 3.70. The van der Waals surface area contributed by atoms with Crippen LogP contribution in [0, 0.1) is 12.7 Å². The molecule has 0 aliphatic heterocycles. The summed E-state index contributed by atoms with van der Waals surface area (Å²) in [4.78, 5) is 12.2. The van der Waals surface area contributed by atoms with Gasteiger partial charge in [-0.25, -0.2) is 12.8 Å². The van der Waals surface area contributed by atoms with Gasteiger partial charge in [0.15, 0.2) is 0 Å². The van der Waals surface area contributed by atoms with Crippen LogP contribution < -0.4 is 10.0 Å². The maximum absolute atomic E-state index is 13.7. The van der Waals surface area contributed by atoms with E-state index >= 15 is 0 Å². The Kier molecular flexibility index (Phi) is 6.14. The molecule has 0 atom stereocenters. The Morgan fingerprint density at radius 2 is 1.88 bits per heavy atom. The largest absolute Gasteiger partial charge is 0.352 e. The monoisotopic (exact) mass is 364 g/mol. The summed E-state index contributed by atoms with van der Waals surface area (Å²) in [6.07, 6.45) is 1.79. The van der Waals surface area contributed by atoms with E-state index in [9.17, 15) is 17.6 Å². The van der Waals surface area contributed by atoms with Gasteiger partial charge in [-0.05, 0) is 43.2 Å². The van der Waals surface area contributed by atoms with Crippen LogP contribution in [0.15, 0.2) is 47.4 Å². The third kappa shape index (κ3) is 4.79. The van der Waals surface area contributed by atoms with Crippen molar-refractivity contribution < 1.29 is 17.6 Å². The molecular formula is C18H21FN2O3S. The summed E-state index contributed by atoms with van der Waals surface area (Å²) < 4.78 is 40.9. The van der Waals surface area contributed by atoms with Crippen LogP contribution >= 0.6 is 0 Å². The number of carbonyl (C=O) groups excluding carboxylic acids is 1. The van der Waals surface area contributed by atoms with Gasteiger partial charge < -0.3 is 5.32 Å². The molecule has 7 heteroatoms. The fourth-order valence-corrected chi connectivity index (χ4v) is 3.33. The number of rotatable bonds is 7. The minimum Gasteiger partial charge on any atom is -0.352 e. The number of halogens is 1. The molecule has 0 heterocycles. The second-order valence-corrected chi connectivity index (χ2v) is 7.35. The van der Waals surface area contributed by atoms with Gasteiger partial charge in [0.05, 0.1) is 10.6 Å². The first kappa shape index (κ1) is 18.9. The molecule has 2 rings (SSSR count). The van der Waals surface area contributed by atoms with Crippen molar-refractivity contribution in [2.45, 2.75) is 31.6 Å². The van der Waals surface area contributed by atoms with Crippen molar-refractivity contribution in [1.29, 1.82) is 0 Å². The highest BCUT2D eigenvalue weighted by atomic mass is 32.2. The second kappa shape index (κ2) is 8.11. The van der Waals surface area contributed by atoms with E-state index in [4.69, 9.17) is 0 Å². The van der Waals surface area contributed by atoms with Crippen molar-refractivity contribution in [1.82, 2.24) is 5.32 Å². The number of hydrogen-bond acceptors (Lipinski definition) is 3. The van der Waals surface area contributed by atoms with Crippen molar-refractivity contribution in [2.24, 2.45) is 0 Å². The first-order chi connectivity index (χ1) is 11.8. The standard InChI is InChI=1S/C18H21FN2O3S/c1-3-4-11-20-18(22)15-12-14(10-9-13(15)2)25(23,24)21-17-8-6-5-7-16(17)19/h5-10,12,21H,3-4,11H2,1-2H3,(H,20,22). The van der Waals surface area contributed by atoms with Crippen LogP contribution in [-0.2, 0) is 10.0 Å². The fraction of sp³-hybridized carbons (Fsp3) is 0.278. The highest BCUT2D eigenvalue weighted by Crippen LogP contribution is 2.21. The Hall–Kier alpha value is -2.41. The number of hydrogen-bond donors (Lipinski definition) is 2. The summed E-state index contributed by atoms with van der Waals surface area (Å²) >= 11 is 0. The summed E-state index contributed by atoms with van der Waals surface area (Å²) in [6.45, 7) is 4.27. The average Bonchev–Trinajstić information content (AvgIpc) is 2.57. The quantitative estimate of drug-likeness (QED) is 0.739. The molecule has 2 aromatic carbocycles. The van der Waals surface area contributed by atoms with E-state index in [-0.39, 0.29) is 22.1 Å². The number of anilines is 1. The topological polar surface area (TPSA) is 75.3 Å². The van der Waals surface area contributed by atoms with Gasteiger partial charge in [0.25, 0.3) is 15.9 Å². The zero-order chi connectivity index (χ0) is 18.4. The lowest BCUT2D eigenvalue weighted by atomic mass is 10.1. The SMILES string of the molecule is CCCCNC(=O)c1cc(S(=O)(=O)Nc2ccccc2F)ccc1C. The van der Waals surface area contributed by atoms with Crippen molar-refractivity contribution in [3.05, 3.63) is 59.4 Å². The van der Waals surface area contributed by atoms with Gasteiger partial charge >= 0.3 is 0 Å². The van der Waals surface area contributed by atoms with Crippen LogP contribution in [0.5, 0.6) is 0 Å². The number of amides is 1. The molecular weight excluding hydrogens is 343 g/mol.